The maximum atomic E-state index is 5.75. The average Bonchev–Trinajstić information content (AvgIpc) is 2.45. The molecule has 0 aliphatic rings. The van der Waals surface area contributed by atoms with E-state index in [9.17, 15) is 0 Å². The van der Waals surface area contributed by atoms with E-state index in [2.05, 4.69) is 16.4 Å². The zero-order valence-corrected chi connectivity index (χ0v) is 10.5. The quantitative estimate of drug-likeness (QED) is 0.844. The number of likely N-dealkylation sites (N-methyl/N-ethyl adjacent to an activating group) is 1. The summed E-state index contributed by atoms with van der Waals surface area (Å²) in [5, 5.41) is 3.27. The van der Waals surface area contributed by atoms with Gasteiger partial charge in [0, 0.05) is 18.4 Å². The molecule has 0 fully saturated rings. The summed E-state index contributed by atoms with van der Waals surface area (Å²) in [4.78, 5) is 4.12. The molecule has 1 aromatic carbocycles. The van der Waals surface area contributed by atoms with Crippen molar-refractivity contribution in [3.8, 4) is 5.75 Å². The van der Waals surface area contributed by atoms with Crippen molar-refractivity contribution in [3.63, 3.8) is 0 Å². The van der Waals surface area contributed by atoms with Crippen molar-refractivity contribution >= 4 is 0 Å². The molecule has 1 aromatic heterocycles. The van der Waals surface area contributed by atoms with E-state index in [0.717, 1.165) is 12.2 Å². The minimum Gasteiger partial charge on any atom is -0.492 e. The van der Waals surface area contributed by atoms with Crippen molar-refractivity contribution < 1.29 is 4.74 Å². The second-order valence-electron chi connectivity index (χ2n) is 4.18. The highest BCUT2D eigenvalue weighted by Gasteiger charge is 2.08. The van der Waals surface area contributed by atoms with Crippen LogP contribution in [0.3, 0.4) is 0 Å². The van der Waals surface area contributed by atoms with Gasteiger partial charge < -0.3 is 10.1 Å². The highest BCUT2D eigenvalue weighted by Crippen LogP contribution is 2.09. The van der Waals surface area contributed by atoms with Crippen molar-refractivity contribution in [2.75, 3.05) is 13.7 Å². The first-order valence-electron chi connectivity index (χ1n) is 6.12. The minimum absolute atomic E-state index is 0.286. The standard InChI is InChI=1S/C15H18N2O/c1-16-14(10-13-6-5-9-17-11-13)12-18-15-7-3-2-4-8-15/h2-9,11,14,16H,10,12H2,1H3. The Bertz CT molecular complexity index is 445. The first-order valence-corrected chi connectivity index (χ1v) is 6.12. The molecule has 0 saturated carbocycles. The number of pyridine rings is 1. The van der Waals surface area contributed by atoms with Gasteiger partial charge >= 0.3 is 0 Å². The lowest BCUT2D eigenvalue weighted by Gasteiger charge is -2.17. The third-order valence-electron chi connectivity index (χ3n) is 2.81. The molecule has 2 rings (SSSR count). The number of ether oxygens (including phenoxy) is 1. The van der Waals surface area contributed by atoms with Gasteiger partial charge in [-0.05, 0) is 37.2 Å². The highest BCUT2D eigenvalue weighted by molar-refractivity contribution is 5.21. The Morgan fingerprint density at radius 3 is 2.67 bits per heavy atom. The molecule has 0 aliphatic heterocycles. The monoisotopic (exact) mass is 242 g/mol. The maximum Gasteiger partial charge on any atom is 0.119 e. The predicted octanol–water partition coefficient (Wildman–Crippen LogP) is 2.29. The first-order chi connectivity index (χ1) is 8.88. The van der Waals surface area contributed by atoms with Crippen LogP contribution < -0.4 is 10.1 Å². The SMILES string of the molecule is CNC(COc1ccccc1)Cc1cccnc1. The third kappa shape index (κ3) is 3.86. The molecule has 0 saturated heterocycles. The molecule has 0 amide bonds. The van der Waals surface area contributed by atoms with E-state index < -0.39 is 0 Å². The molecule has 2 aromatic rings. The van der Waals surface area contributed by atoms with Gasteiger partial charge in [0.25, 0.3) is 0 Å². The Morgan fingerprint density at radius 1 is 1.17 bits per heavy atom. The fourth-order valence-electron chi connectivity index (χ4n) is 1.76. The Labute approximate surface area is 108 Å². The minimum atomic E-state index is 0.286. The summed E-state index contributed by atoms with van der Waals surface area (Å²) in [6, 6.07) is 14.2. The number of nitrogens with one attached hydrogen (secondary N) is 1. The van der Waals surface area contributed by atoms with Crippen LogP contribution in [0.15, 0.2) is 54.9 Å². The van der Waals surface area contributed by atoms with Crippen LogP contribution in [-0.2, 0) is 6.42 Å². The van der Waals surface area contributed by atoms with E-state index in [1.807, 2.05) is 49.6 Å². The topological polar surface area (TPSA) is 34.1 Å². The molecular weight excluding hydrogens is 224 g/mol. The van der Waals surface area contributed by atoms with E-state index in [1.165, 1.54) is 5.56 Å². The molecule has 18 heavy (non-hydrogen) atoms. The number of nitrogens with zero attached hydrogens (tertiary/aromatic N) is 1. The second-order valence-corrected chi connectivity index (χ2v) is 4.18. The number of para-hydroxylation sites is 1. The Hall–Kier alpha value is -1.87. The zero-order valence-electron chi connectivity index (χ0n) is 10.5. The van der Waals surface area contributed by atoms with Gasteiger partial charge in [-0.1, -0.05) is 24.3 Å². The fourth-order valence-corrected chi connectivity index (χ4v) is 1.76. The molecule has 94 valence electrons. The van der Waals surface area contributed by atoms with Crippen LogP contribution in [0.1, 0.15) is 5.56 Å². The maximum absolute atomic E-state index is 5.75. The van der Waals surface area contributed by atoms with Gasteiger partial charge in [-0.2, -0.15) is 0 Å². The molecule has 1 heterocycles. The molecular formula is C15H18N2O. The molecule has 0 spiro atoms. The Kier molecular flexibility index (Phi) is 4.73. The van der Waals surface area contributed by atoms with Crippen molar-refractivity contribution in [2.24, 2.45) is 0 Å². The van der Waals surface area contributed by atoms with Crippen molar-refractivity contribution in [2.45, 2.75) is 12.5 Å². The molecule has 3 heteroatoms. The third-order valence-corrected chi connectivity index (χ3v) is 2.81. The lowest BCUT2D eigenvalue weighted by molar-refractivity contribution is 0.269. The summed E-state index contributed by atoms with van der Waals surface area (Å²) in [6.07, 6.45) is 4.60. The smallest absolute Gasteiger partial charge is 0.119 e. The molecule has 0 bridgehead atoms. The van der Waals surface area contributed by atoms with Crippen LogP contribution >= 0.6 is 0 Å². The predicted molar refractivity (Wildman–Crippen MR) is 72.7 cm³/mol. The van der Waals surface area contributed by atoms with E-state index in [0.29, 0.717) is 6.61 Å². The molecule has 0 aliphatic carbocycles. The lowest BCUT2D eigenvalue weighted by Crippen LogP contribution is -2.33. The first kappa shape index (κ1) is 12.6. The Morgan fingerprint density at radius 2 is 2.00 bits per heavy atom. The number of rotatable bonds is 6. The van der Waals surface area contributed by atoms with Crippen molar-refractivity contribution in [1.29, 1.82) is 0 Å². The summed E-state index contributed by atoms with van der Waals surface area (Å²) < 4.78 is 5.75. The fraction of sp³-hybridized carbons (Fsp3) is 0.267. The van der Waals surface area contributed by atoms with Crippen molar-refractivity contribution in [1.82, 2.24) is 10.3 Å². The van der Waals surface area contributed by atoms with Crippen LogP contribution in [0.4, 0.5) is 0 Å². The van der Waals surface area contributed by atoms with Crippen molar-refractivity contribution in [3.05, 3.63) is 60.4 Å². The number of aromatic nitrogens is 1. The van der Waals surface area contributed by atoms with Crippen LogP contribution in [-0.4, -0.2) is 24.7 Å². The lowest BCUT2D eigenvalue weighted by atomic mass is 10.1. The van der Waals surface area contributed by atoms with E-state index in [1.54, 1.807) is 6.20 Å². The van der Waals surface area contributed by atoms with Crippen LogP contribution in [0, 0.1) is 0 Å². The van der Waals surface area contributed by atoms with Gasteiger partial charge in [0.15, 0.2) is 0 Å². The van der Waals surface area contributed by atoms with Gasteiger partial charge in [-0.15, -0.1) is 0 Å². The zero-order chi connectivity index (χ0) is 12.6. The number of hydrogen-bond donors (Lipinski definition) is 1. The van der Waals surface area contributed by atoms with E-state index in [4.69, 9.17) is 4.74 Å². The average molecular weight is 242 g/mol. The summed E-state index contributed by atoms with van der Waals surface area (Å²) in [6.45, 7) is 0.648. The highest BCUT2D eigenvalue weighted by atomic mass is 16.5. The second kappa shape index (κ2) is 6.77. The van der Waals surface area contributed by atoms with Crippen LogP contribution in [0.5, 0.6) is 5.75 Å². The molecule has 0 radical (unpaired) electrons. The molecule has 1 unspecified atom stereocenters. The van der Waals surface area contributed by atoms with Gasteiger partial charge in [0.2, 0.25) is 0 Å². The molecule has 1 N–H and O–H groups in total. The van der Waals surface area contributed by atoms with Gasteiger partial charge in [0.05, 0.1) is 0 Å². The van der Waals surface area contributed by atoms with Crippen LogP contribution in [0.25, 0.3) is 0 Å². The normalized spacial score (nSPS) is 12.1. The van der Waals surface area contributed by atoms with Gasteiger partial charge in [0.1, 0.15) is 12.4 Å². The molecule has 3 nitrogen and oxygen atoms in total. The largest absolute Gasteiger partial charge is 0.492 e. The number of benzene rings is 1. The summed E-state index contributed by atoms with van der Waals surface area (Å²) in [5.74, 6) is 0.906. The summed E-state index contributed by atoms with van der Waals surface area (Å²) in [7, 11) is 1.95. The molecule has 1 atom stereocenters. The van der Waals surface area contributed by atoms with Gasteiger partial charge in [-0.3, -0.25) is 4.98 Å². The van der Waals surface area contributed by atoms with Crippen LogP contribution in [0.2, 0.25) is 0 Å². The number of hydrogen-bond acceptors (Lipinski definition) is 3. The summed E-state index contributed by atoms with van der Waals surface area (Å²) in [5.41, 5.74) is 1.22. The van der Waals surface area contributed by atoms with E-state index in [-0.39, 0.29) is 6.04 Å². The summed E-state index contributed by atoms with van der Waals surface area (Å²) >= 11 is 0. The Balaban J connectivity index is 1.86. The van der Waals surface area contributed by atoms with Gasteiger partial charge in [-0.25, -0.2) is 0 Å². The van der Waals surface area contributed by atoms with E-state index >= 15 is 0 Å².